The van der Waals surface area contributed by atoms with Crippen molar-refractivity contribution in [2.75, 3.05) is 13.2 Å². The Hall–Kier alpha value is -0.820. The molecule has 0 N–H and O–H groups in total. The molecular weight excluding hydrogens is 244 g/mol. The Morgan fingerprint density at radius 2 is 1.50 bits per heavy atom. The zero-order valence-electron chi connectivity index (χ0n) is 14.4. The Morgan fingerprint density at radius 1 is 0.950 bits per heavy atom. The van der Waals surface area contributed by atoms with Crippen LogP contribution in [0.3, 0.4) is 0 Å². The van der Waals surface area contributed by atoms with E-state index in [2.05, 4.69) is 72.7 Å². The van der Waals surface area contributed by atoms with E-state index in [-0.39, 0.29) is 5.41 Å². The van der Waals surface area contributed by atoms with Crippen molar-refractivity contribution in [2.24, 2.45) is 10.8 Å². The molecule has 0 saturated heterocycles. The van der Waals surface area contributed by atoms with E-state index in [4.69, 9.17) is 4.74 Å². The molecule has 0 aliphatic heterocycles. The standard InChI is InChI=1S/C19H32O/c1-15(19(5,6)7)17-10-8-16(9-11-17)12-13-20-14-18(2,3)4/h8-11,15H,12-14H2,1-7H3. The SMILES string of the molecule is CC(c1ccc(CCOCC(C)(C)C)cc1)C(C)(C)C. The quantitative estimate of drug-likeness (QED) is 0.650. The van der Waals surface area contributed by atoms with Crippen molar-refractivity contribution < 1.29 is 4.74 Å². The molecule has 0 radical (unpaired) electrons. The van der Waals surface area contributed by atoms with E-state index < -0.39 is 0 Å². The smallest absolute Gasteiger partial charge is 0.0514 e. The zero-order valence-corrected chi connectivity index (χ0v) is 14.4. The third kappa shape index (κ3) is 6.09. The predicted octanol–water partition coefficient (Wildman–Crippen LogP) is 5.44. The first-order valence-electron chi connectivity index (χ1n) is 7.76. The van der Waals surface area contributed by atoms with Gasteiger partial charge < -0.3 is 4.74 Å². The first-order valence-corrected chi connectivity index (χ1v) is 7.76. The monoisotopic (exact) mass is 276 g/mol. The second kappa shape index (κ2) is 6.76. The average Bonchev–Trinajstić information content (AvgIpc) is 2.32. The van der Waals surface area contributed by atoms with Crippen LogP contribution in [0.15, 0.2) is 24.3 Å². The lowest BCUT2D eigenvalue weighted by Gasteiger charge is -2.27. The highest BCUT2D eigenvalue weighted by atomic mass is 16.5. The van der Waals surface area contributed by atoms with Gasteiger partial charge in [-0.2, -0.15) is 0 Å². The fourth-order valence-electron chi connectivity index (χ4n) is 2.04. The molecule has 0 fully saturated rings. The molecule has 20 heavy (non-hydrogen) atoms. The summed E-state index contributed by atoms with van der Waals surface area (Å²) in [6.45, 7) is 17.4. The van der Waals surface area contributed by atoms with Crippen LogP contribution >= 0.6 is 0 Å². The van der Waals surface area contributed by atoms with Crippen LogP contribution in [0.5, 0.6) is 0 Å². The number of ether oxygens (including phenoxy) is 1. The summed E-state index contributed by atoms with van der Waals surface area (Å²) in [5.74, 6) is 0.577. The molecule has 0 bridgehead atoms. The summed E-state index contributed by atoms with van der Waals surface area (Å²) in [5.41, 5.74) is 3.37. The van der Waals surface area contributed by atoms with Gasteiger partial charge >= 0.3 is 0 Å². The highest BCUT2D eigenvalue weighted by molar-refractivity contribution is 5.26. The van der Waals surface area contributed by atoms with Crippen molar-refractivity contribution in [3.63, 3.8) is 0 Å². The van der Waals surface area contributed by atoms with Crippen molar-refractivity contribution in [1.29, 1.82) is 0 Å². The Labute approximate surface area is 125 Å². The maximum Gasteiger partial charge on any atom is 0.0514 e. The molecule has 1 aromatic rings. The Bertz CT molecular complexity index is 389. The highest BCUT2D eigenvalue weighted by Gasteiger charge is 2.21. The summed E-state index contributed by atoms with van der Waals surface area (Å²) in [6, 6.07) is 9.04. The first kappa shape index (κ1) is 17.2. The van der Waals surface area contributed by atoms with Gasteiger partial charge in [0, 0.05) is 0 Å². The Kier molecular flexibility index (Phi) is 5.82. The van der Waals surface area contributed by atoms with E-state index in [1.807, 2.05) is 0 Å². The molecule has 0 aromatic heterocycles. The molecule has 0 amide bonds. The lowest BCUT2D eigenvalue weighted by molar-refractivity contribution is 0.0733. The summed E-state index contributed by atoms with van der Waals surface area (Å²) in [6.07, 6.45) is 1.00. The first-order chi connectivity index (χ1) is 9.09. The normalized spacial score (nSPS) is 14.3. The van der Waals surface area contributed by atoms with Crippen LogP contribution in [-0.2, 0) is 11.2 Å². The van der Waals surface area contributed by atoms with E-state index in [1.54, 1.807) is 0 Å². The van der Waals surface area contributed by atoms with Gasteiger partial charge in [-0.1, -0.05) is 72.7 Å². The zero-order chi connectivity index (χ0) is 15.4. The Morgan fingerprint density at radius 3 is 1.95 bits per heavy atom. The van der Waals surface area contributed by atoms with Crippen LogP contribution in [0.25, 0.3) is 0 Å². The fourth-order valence-corrected chi connectivity index (χ4v) is 2.04. The average molecular weight is 276 g/mol. The maximum atomic E-state index is 5.73. The molecule has 1 rings (SSSR count). The summed E-state index contributed by atoms with van der Waals surface area (Å²) in [5, 5.41) is 0. The van der Waals surface area contributed by atoms with E-state index in [9.17, 15) is 0 Å². The maximum absolute atomic E-state index is 5.73. The largest absolute Gasteiger partial charge is 0.381 e. The number of hydrogen-bond donors (Lipinski definition) is 0. The van der Waals surface area contributed by atoms with Gasteiger partial charge in [-0.3, -0.25) is 0 Å². The van der Waals surface area contributed by atoms with Crippen molar-refractivity contribution in [3.05, 3.63) is 35.4 Å². The van der Waals surface area contributed by atoms with Crippen LogP contribution in [-0.4, -0.2) is 13.2 Å². The minimum atomic E-state index is 0.256. The number of hydrogen-bond acceptors (Lipinski definition) is 1. The summed E-state index contributed by atoms with van der Waals surface area (Å²) in [7, 11) is 0. The van der Waals surface area contributed by atoms with Crippen LogP contribution < -0.4 is 0 Å². The van der Waals surface area contributed by atoms with Crippen LogP contribution in [0.2, 0.25) is 0 Å². The molecule has 0 heterocycles. The van der Waals surface area contributed by atoms with Crippen molar-refractivity contribution >= 4 is 0 Å². The molecule has 1 nitrogen and oxygen atoms in total. The van der Waals surface area contributed by atoms with Gasteiger partial charge in [0.05, 0.1) is 13.2 Å². The summed E-state index contributed by atoms with van der Waals surface area (Å²) in [4.78, 5) is 0. The van der Waals surface area contributed by atoms with E-state index >= 15 is 0 Å². The molecule has 114 valence electrons. The van der Waals surface area contributed by atoms with Gasteiger partial charge in [-0.25, -0.2) is 0 Å². The highest BCUT2D eigenvalue weighted by Crippen LogP contribution is 2.34. The molecule has 1 atom stereocenters. The van der Waals surface area contributed by atoms with Crippen LogP contribution in [0.4, 0.5) is 0 Å². The molecule has 1 heteroatoms. The van der Waals surface area contributed by atoms with Crippen LogP contribution in [0, 0.1) is 10.8 Å². The van der Waals surface area contributed by atoms with Crippen molar-refractivity contribution in [2.45, 2.75) is 60.8 Å². The van der Waals surface area contributed by atoms with Gasteiger partial charge in [0.15, 0.2) is 0 Å². The van der Waals surface area contributed by atoms with Gasteiger partial charge in [-0.15, -0.1) is 0 Å². The number of benzene rings is 1. The topological polar surface area (TPSA) is 9.23 Å². The molecule has 0 saturated carbocycles. The molecular formula is C19H32O. The van der Waals surface area contributed by atoms with Crippen molar-refractivity contribution in [3.8, 4) is 0 Å². The lowest BCUT2D eigenvalue weighted by Crippen LogP contribution is -2.16. The van der Waals surface area contributed by atoms with E-state index in [1.165, 1.54) is 11.1 Å². The molecule has 0 aliphatic rings. The second-order valence-electron chi connectivity index (χ2n) is 8.19. The van der Waals surface area contributed by atoms with Gasteiger partial charge in [0.25, 0.3) is 0 Å². The molecule has 1 unspecified atom stereocenters. The van der Waals surface area contributed by atoms with E-state index in [0.29, 0.717) is 11.3 Å². The summed E-state index contributed by atoms with van der Waals surface area (Å²) >= 11 is 0. The number of rotatable bonds is 5. The van der Waals surface area contributed by atoms with Gasteiger partial charge in [-0.05, 0) is 34.3 Å². The van der Waals surface area contributed by atoms with E-state index in [0.717, 1.165) is 19.6 Å². The van der Waals surface area contributed by atoms with Crippen molar-refractivity contribution in [1.82, 2.24) is 0 Å². The van der Waals surface area contributed by atoms with Gasteiger partial charge in [0.1, 0.15) is 0 Å². The van der Waals surface area contributed by atoms with Crippen LogP contribution in [0.1, 0.15) is 65.5 Å². The molecule has 0 aliphatic carbocycles. The minimum absolute atomic E-state index is 0.256. The fraction of sp³-hybridized carbons (Fsp3) is 0.684. The molecule has 0 spiro atoms. The van der Waals surface area contributed by atoms with Gasteiger partial charge in [0.2, 0.25) is 0 Å². The molecule has 1 aromatic carbocycles. The minimum Gasteiger partial charge on any atom is -0.381 e. The second-order valence-corrected chi connectivity index (χ2v) is 8.19. The Balaban J connectivity index is 2.47. The lowest BCUT2D eigenvalue weighted by atomic mass is 9.78. The predicted molar refractivity (Wildman–Crippen MR) is 88.3 cm³/mol. The summed E-state index contributed by atoms with van der Waals surface area (Å²) < 4.78 is 5.73. The third-order valence-corrected chi connectivity index (χ3v) is 3.85. The third-order valence-electron chi connectivity index (χ3n) is 3.85.